The van der Waals surface area contributed by atoms with E-state index in [-0.39, 0.29) is 11.6 Å². The van der Waals surface area contributed by atoms with E-state index in [2.05, 4.69) is 4.98 Å². The second kappa shape index (κ2) is 5.06. The highest BCUT2D eigenvalue weighted by Crippen LogP contribution is 2.30. The van der Waals surface area contributed by atoms with E-state index in [0.717, 1.165) is 21.8 Å². The average Bonchev–Trinajstić information content (AvgIpc) is 2.92. The molecule has 0 unspecified atom stereocenters. The Morgan fingerprint density at radius 2 is 1.95 bits per heavy atom. The molecule has 0 saturated heterocycles. The van der Waals surface area contributed by atoms with Crippen molar-refractivity contribution in [3.05, 3.63) is 59.2 Å². The minimum Gasteiger partial charge on any atom is -0.508 e. The number of aromatic hydroxyl groups is 1. The van der Waals surface area contributed by atoms with Gasteiger partial charge in [0.1, 0.15) is 16.6 Å². The first-order valence-corrected chi connectivity index (χ1v) is 7.03. The molecule has 0 saturated carbocycles. The number of thiazole rings is 1. The normalized spacial score (nSPS) is 10.7. The number of hydrogen-bond acceptors (Lipinski definition) is 3. The Labute approximate surface area is 120 Å². The molecule has 4 heteroatoms. The summed E-state index contributed by atoms with van der Waals surface area (Å²) in [6, 6.07) is 12.1. The van der Waals surface area contributed by atoms with Crippen LogP contribution in [-0.2, 0) is 0 Å². The first-order chi connectivity index (χ1) is 9.63. The standard InChI is InChI=1S/C16H12FNOS/c1-10-5-6-11(8-14(10)17)15-9-20-16(18-15)12-3-2-4-13(19)7-12/h2-9,19H,1H3. The topological polar surface area (TPSA) is 33.1 Å². The van der Waals surface area contributed by atoms with E-state index < -0.39 is 0 Å². The Hall–Kier alpha value is -2.20. The van der Waals surface area contributed by atoms with Crippen LogP contribution in [0.5, 0.6) is 5.75 Å². The lowest BCUT2D eigenvalue weighted by Gasteiger charge is -2.00. The molecule has 0 fully saturated rings. The largest absolute Gasteiger partial charge is 0.508 e. The molecule has 3 aromatic rings. The second-order valence-corrected chi connectivity index (χ2v) is 5.41. The number of benzene rings is 2. The Balaban J connectivity index is 1.99. The fourth-order valence-corrected chi connectivity index (χ4v) is 2.76. The molecule has 0 amide bonds. The van der Waals surface area contributed by atoms with Crippen LogP contribution in [-0.4, -0.2) is 10.1 Å². The van der Waals surface area contributed by atoms with Crippen LogP contribution in [0, 0.1) is 12.7 Å². The summed E-state index contributed by atoms with van der Waals surface area (Å²) in [7, 11) is 0. The number of nitrogens with zero attached hydrogens (tertiary/aromatic N) is 1. The maximum absolute atomic E-state index is 13.6. The van der Waals surface area contributed by atoms with Gasteiger partial charge < -0.3 is 5.11 Å². The Morgan fingerprint density at radius 3 is 2.70 bits per heavy atom. The zero-order valence-electron chi connectivity index (χ0n) is 10.8. The molecule has 0 aliphatic heterocycles. The summed E-state index contributed by atoms with van der Waals surface area (Å²) >= 11 is 1.47. The minimum atomic E-state index is -0.227. The molecule has 20 heavy (non-hydrogen) atoms. The molecule has 1 aromatic heterocycles. The van der Waals surface area contributed by atoms with Crippen LogP contribution in [0.1, 0.15) is 5.56 Å². The van der Waals surface area contributed by atoms with E-state index >= 15 is 0 Å². The number of hydrogen-bond donors (Lipinski definition) is 1. The summed E-state index contributed by atoms with van der Waals surface area (Å²) in [5.74, 6) is -0.0185. The average molecular weight is 285 g/mol. The van der Waals surface area contributed by atoms with Gasteiger partial charge in [-0.25, -0.2) is 9.37 Å². The van der Waals surface area contributed by atoms with Crippen molar-refractivity contribution in [3.8, 4) is 27.6 Å². The van der Waals surface area contributed by atoms with E-state index in [1.807, 2.05) is 17.5 Å². The van der Waals surface area contributed by atoms with Crippen LogP contribution in [0.2, 0.25) is 0 Å². The van der Waals surface area contributed by atoms with Crippen molar-refractivity contribution in [2.75, 3.05) is 0 Å². The van der Waals surface area contributed by atoms with Gasteiger partial charge in [-0.05, 0) is 30.7 Å². The number of phenolic OH excluding ortho intramolecular Hbond substituents is 1. The third-order valence-corrected chi connectivity index (χ3v) is 3.96. The maximum atomic E-state index is 13.6. The fraction of sp³-hybridized carbons (Fsp3) is 0.0625. The third kappa shape index (κ3) is 2.42. The van der Waals surface area contributed by atoms with Crippen LogP contribution in [0.25, 0.3) is 21.8 Å². The Bertz CT molecular complexity index is 767. The van der Waals surface area contributed by atoms with Gasteiger partial charge in [-0.3, -0.25) is 0 Å². The quantitative estimate of drug-likeness (QED) is 0.744. The number of halogens is 1. The first kappa shape index (κ1) is 12.8. The van der Waals surface area contributed by atoms with Crippen LogP contribution in [0.3, 0.4) is 0 Å². The molecule has 1 N–H and O–H groups in total. The predicted octanol–water partition coefficient (Wildman–Crippen LogP) is 4.63. The molecule has 0 aliphatic carbocycles. The van der Waals surface area contributed by atoms with Crippen molar-refractivity contribution in [1.29, 1.82) is 0 Å². The van der Waals surface area contributed by atoms with Gasteiger partial charge in [-0.15, -0.1) is 11.3 Å². The molecule has 0 atom stereocenters. The Kier molecular flexibility index (Phi) is 3.24. The van der Waals surface area contributed by atoms with E-state index in [4.69, 9.17) is 0 Å². The molecular weight excluding hydrogens is 273 g/mol. The van der Waals surface area contributed by atoms with Crippen molar-refractivity contribution in [1.82, 2.24) is 4.98 Å². The first-order valence-electron chi connectivity index (χ1n) is 6.15. The zero-order chi connectivity index (χ0) is 14.1. The number of aryl methyl sites for hydroxylation is 1. The van der Waals surface area contributed by atoms with Crippen molar-refractivity contribution < 1.29 is 9.50 Å². The SMILES string of the molecule is Cc1ccc(-c2csc(-c3cccc(O)c3)n2)cc1F. The lowest BCUT2D eigenvalue weighted by molar-refractivity contribution is 0.475. The summed E-state index contributed by atoms with van der Waals surface area (Å²) in [6.07, 6.45) is 0. The molecular formula is C16H12FNOS. The van der Waals surface area contributed by atoms with Gasteiger partial charge in [0.25, 0.3) is 0 Å². The highest BCUT2D eigenvalue weighted by molar-refractivity contribution is 7.13. The van der Waals surface area contributed by atoms with Crippen LogP contribution in [0.4, 0.5) is 4.39 Å². The van der Waals surface area contributed by atoms with Crippen LogP contribution < -0.4 is 0 Å². The lowest BCUT2D eigenvalue weighted by atomic mass is 10.1. The van der Waals surface area contributed by atoms with Gasteiger partial charge in [0, 0.05) is 16.5 Å². The van der Waals surface area contributed by atoms with Crippen molar-refractivity contribution in [2.45, 2.75) is 6.92 Å². The maximum Gasteiger partial charge on any atom is 0.126 e. The molecule has 0 aliphatic rings. The van der Waals surface area contributed by atoms with Crippen LogP contribution >= 0.6 is 11.3 Å². The van der Waals surface area contributed by atoms with Gasteiger partial charge in [-0.2, -0.15) is 0 Å². The lowest BCUT2D eigenvalue weighted by Crippen LogP contribution is -1.85. The van der Waals surface area contributed by atoms with E-state index in [1.54, 1.807) is 31.2 Å². The monoisotopic (exact) mass is 285 g/mol. The smallest absolute Gasteiger partial charge is 0.126 e. The summed E-state index contributed by atoms with van der Waals surface area (Å²) < 4.78 is 13.6. The molecule has 3 rings (SSSR count). The van der Waals surface area contributed by atoms with Gasteiger partial charge in [0.05, 0.1) is 5.69 Å². The van der Waals surface area contributed by atoms with Crippen molar-refractivity contribution >= 4 is 11.3 Å². The van der Waals surface area contributed by atoms with Crippen molar-refractivity contribution in [2.24, 2.45) is 0 Å². The number of rotatable bonds is 2. The highest BCUT2D eigenvalue weighted by atomic mass is 32.1. The molecule has 1 heterocycles. The zero-order valence-corrected chi connectivity index (χ0v) is 11.6. The predicted molar refractivity (Wildman–Crippen MR) is 79.3 cm³/mol. The van der Waals surface area contributed by atoms with Gasteiger partial charge in [0.15, 0.2) is 0 Å². The summed E-state index contributed by atoms with van der Waals surface area (Å²) in [5.41, 5.74) is 2.98. The summed E-state index contributed by atoms with van der Waals surface area (Å²) in [6.45, 7) is 1.73. The molecule has 0 radical (unpaired) electrons. The van der Waals surface area contributed by atoms with Gasteiger partial charge in [-0.1, -0.05) is 24.3 Å². The highest BCUT2D eigenvalue weighted by Gasteiger charge is 2.08. The summed E-state index contributed by atoms with van der Waals surface area (Å²) in [4.78, 5) is 4.50. The van der Waals surface area contributed by atoms with Crippen LogP contribution in [0.15, 0.2) is 47.8 Å². The fourth-order valence-electron chi connectivity index (χ4n) is 1.93. The molecule has 2 aromatic carbocycles. The van der Waals surface area contributed by atoms with E-state index in [9.17, 15) is 9.50 Å². The number of aromatic nitrogens is 1. The molecule has 0 bridgehead atoms. The van der Waals surface area contributed by atoms with E-state index in [0.29, 0.717) is 5.56 Å². The van der Waals surface area contributed by atoms with Gasteiger partial charge in [0.2, 0.25) is 0 Å². The second-order valence-electron chi connectivity index (χ2n) is 4.55. The summed E-state index contributed by atoms with van der Waals surface area (Å²) in [5, 5.41) is 12.2. The minimum absolute atomic E-state index is 0.209. The Morgan fingerprint density at radius 1 is 1.10 bits per heavy atom. The number of phenols is 1. The van der Waals surface area contributed by atoms with Crippen molar-refractivity contribution in [3.63, 3.8) is 0 Å². The van der Waals surface area contributed by atoms with E-state index in [1.165, 1.54) is 17.4 Å². The molecule has 2 nitrogen and oxygen atoms in total. The van der Waals surface area contributed by atoms with Gasteiger partial charge >= 0.3 is 0 Å². The molecule has 0 spiro atoms. The third-order valence-electron chi connectivity index (χ3n) is 3.06. The molecule has 100 valence electrons.